The Bertz CT molecular complexity index is 137. The predicted molar refractivity (Wildman–Crippen MR) is 52.0 cm³/mol. The van der Waals surface area contributed by atoms with E-state index in [4.69, 9.17) is 0 Å². The fraction of sp³-hybridized carbons (Fsp3) is 1.00. The summed E-state index contributed by atoms with van der Waals surface area (Å²) < 4.78 is 0. The molecular formula is C11H21N. The highest BCUT2D eigenvalue weighted by atomic mass is 14.9. The van der Waals surface area contributed by atoms with Crippen LogP contribution in [0.4, 0.5) is 0 Å². The van der Waals surface area contributed by atoms with E-state index in [0.717, 1.165) is 23.7 Å². The van der Waals surface area contributed by atoms with E-state index in [0.29, 0.717) is 0 Å². The minimum absolute atomic E-state index is 0.899. The standard InChI is InChI=1S/C11H21N/c1-8(2)5-11-9-3-4-10(11)7-12-6-9/h8-12H,3-7H2,1-2H3/t9-,10+,11?. The monoisotopic (exact) mass is 167 g/mol. The van der Waals surface area contributed by atoms with Crippen LogP contribution in [-0.2, 0) is 0 Å². The number of hydrogen-bond acceptors (Lipinski definition) is 1. The fourth-order valence-electron chi connectivity index (χ4n) is 3.13. The third kappa shape index (κ3) is 1.52. The van der Waals surface area contributed by atoms with Crippen LogP contribution in [0.3, 0.4) is 0 Å². The topological polar surface area (TPSA) is 12.0 Å². The zero-order valence-corrected chi connectivity index (χ0v) is 8.34. The molecule has 0 aromatic heterocycles. The maximum atomic E-state index is 3.55. The third-order valence-electron chi connectivity index (χ3n) is 3.68. The van der Waals surface area contributed by atoms with E-state index in [1.165, 1.54) is 32.4 Å². The van der Waals surface area contributed by atoms with Gasteiger partial charge in [-0.25, -0.2) is 0 Å². The highest BCUT2D eigenvalue weighted by molar-refractivity contribution is 4.91. The number of rotatable bonds is 2. The van der Waals surface area contributed by atoms with Crippen molar-refractivity contribution in [3.63, 3.8) is 0 Å². The molecule has 0 aromatic rings. The predicted octanol–water partition coefficient (Wildman–Crippen LogP) is 2.28. The molecule has 0 amide bonds. The quantitative estimate of drug-likeness (QED) is 0.665. The third-order valence-corrected chi connectivity index (χ3v) is 3.68. The van der Waals surface area contributed by atoms with Crippen molar-refractivity contribution in [1.82, 2.24) is 5.32 Å². The summed E-state index contributed by atoms with van der Waals surface area (Å²) in [5.74, 6) is 4.00. The average Bonchev–Trinajstić information content (AvgIpc) is 2.30. The minimum Gasteiger partial charge on any atom is -0.316 e. The van der Waals surface area contributed by atoms with Gasteiger partial charge >= 0.3 is 0 Å². The lowest BCUT2D eigenvalue weighted by Gasteiger charge is -2.31. The molecule has 1 nitrogen and oxygen atoms in total. The Balaban J connectivity index is 1.96. The Morgan fingerprint density at radius 1 is 1.17 bits per heavy atom. The molecule has 2 rings (SSSR count). The largest absolute Gasteiger partial charge is 0.316 e. The highest BCUT2D eigenvalue weighted by Gasteiger charge is 2.38. The lowest BCUT2D eigenvalue weighted by Crippen LogP contribution is -2.38. The molecule has 2 fully saturated rings. The second-order valence-electron chi connectivity index (χ2n) is 5.05. The second kappa shape index (κ2) is 3.37. The van der Waals surface area contributed by atoms with Gasteiger partial charge in [0.1, 0.15) is 0 Å². The first kappa shape index (κ1) is 8.55. The van der Waals surface area contributed by atoms with Crippen LogP contribution in [0.25, 0.3) is 0 Å². The van der Waals surface area contributed by atoms with Gasteiger partial charge in [-0.15, -0.1) is 0 Å². The van der Waals surface area contributed by atoms with Crippen LogP contribution in [-0.4, -0.2) is 13.1 Å². The Morgan fingerprint density at radius 2 is 1.75 bits per heavy atom. The summed E-state index contributed by atoms with van der Waals surface area (Å²) >= 11 is 0. The molecule has 1 aliphatic heterocycles. The average molecular weight is 167 g/mol. The van der Waals surface area contributed by atoms with Gasteiger partial charge in [-0.3, -0.25) is 0 Å². The van der Waals surface area contributed by atoms with Crippen molar-refractivity contribution >= 4 is 0 Å². The summed E-state index contributed by atoms with van der Waals surface area (Å²) in [7, 11) is 0. The maximum absolute atomic E-state index is 3.55. The first-order valence-corrected chi connectivity index (χ1v) is 5.48. The first-order valence-electron chi connectivity index (χ1n) is 5.48. The summed E-state index contributed by atoms with van der Waals surface area (Å²) in [6.45, 7) is 7.32. The molecule has 1 N–H and O–H groups in total. The van der Waals surface area contributed by atoms with Crippen LogP contribution in [0, 0.1) is 23.7 Å². The summed E-state index contributed by atoms with van der Waals surface area (Å²) in [5, 5.41) is 3.55. The normalized spacial score (nSPS) is 40.8. The Hall–Kier alpha value is -0.0400. The van der Waals surface area contributed by atoms with Crippen LogP contribution in [0.1, 0.15) is 33.1 Å². The van der Waals surface area contributed by atoms with Crippen molar-refractivity contribution < 1.29 is 0 Å². The van der Waals surface area contributed by atoms with Crippen LogP contribution < -0.4 is 5.32 Å². The van der Waals surface area contributed by atoms with Crippen molar-refractivity contribution in [2.45, 2.75) is 33.1 Å². The summed E-state index contributed by atoms with van der Waals surface area (Å²) in [5.41, 5.74) is 0. The highest BCUT2D eigenvalue weighted by Crippen LogP contribution is 2.42. The maximum Gasteiger partial charge on any atom is -0.00176 e. The number of piperidine rings is 1. The van der Waals surface area contributed by atoms with Crippen LogP contribution >= 0.6 is 0 Å². The summed E-state index contributed by atoms with van der Waals surface area (Å²) in [6, 6.07) is 0. The Kier molecular flexibility index (Phi) is 2.40. The molecule has 3 atom stereocenters. The zero-order valence-electron chi connectivity index (χ0n) is 8.34. The van der Waals surface area contributed by atoms with Gasteiger partial charge in [0.2, 0.25) is 0 Å². The molecule has 0 aromatic carbocycles. The molecule has 1 aliphatic carbocycles. The second-order valence-corrected chi connectivity index (χ2v) is 5.05. The van der Waals surface area contributed by atoms with Gasteiger partial charge in [0, 0.05) is 0 Å². The molecule has 2 aliphatic rings. The summed E-state index contributed by atoms with van der Waals surface area (Å²) in [6.07, 6.45) is 4.46. The van der Waals surface area contributed by atoms with Gasteiger partial charge in [0.15, 0.2) is 0 Å². The SMILES string of the molecule is CC(C)CC1[C@@H]2CC[C@H]1CNC2. The van der Waals surface area contributed by atoms with Crippen molar-refractivity contribution in [2.24, 2.45) is 23.7 Å². The molecule has 1 heteroatoms. The van der Waals surface area contributed by atoms with E-state index in [9.17, 15) is 0 Å². The van der Waals surface area contributed by atoms with Crippen molar-refractivity contribution in [2.75, 3.05) is 13.1 Å². The Labute approximate surface area is 75.9 Å². The fourth-order valence-corrected chi connectivity index (χ4v) is 3.13. The molecule has 1 heterocycles. The van der Waals surface area contributed by atoms with Gasteiger partial charge in [0.25, 0.3) is 0 Å². The lowest BCUT2D eigenvalue weighted by molar-refractivity contribution is 0.210. The Morgan fingerprint density at radius 3 is 2.25 bits per heavy atom. The first-order chi connectivity index (χ1) is 5.77. The van der Waals surface area contributed by atoms with E-state index in [-0.39, 0.29) is 0 Å². The molecule has 0 spiro atoms. The number of hydrogen-bond donors (Lipinski definition) is 1. The molecule has 1 unspecified atom stereocenters. The van der Waals surface area contributed by atoms with E-state index >= 15 is 0 Å². The van der Waals surface area contributed by atoms with Crippen LogP contribution in [0.5, 0.6) is 0 Å². The van der Waals surface area contributed by atoms with E-state index in [1.54, 1.807) is 0 Å². The summed E-state index contributed by atoms with van der Waals surface area (Å²) in [4.78, 5) is 0. The van der Waals surface area contributed by atoms with Gasteiger partial charge in [0.05, 0.1) is 0 Å². The van der Waals surface area contributed by atoms with Crippen LogP contribution in [0.15, 0.2) is 0 Å². The van der Waals surface area contributed by atoms with Gasteiger partial charge < -0.3 is 5.32 Å². The van der Waals surface area contributed by atoms with Crippen LogP contribution in [0.2, 0.25) is 0 Å². The number of fused-ring (bicyclic) bond motifs is 2. The molecular weight excluding hydrogens is 146 g/mol. The molecule has 70 valence electrons. The minimum atomic E-state index is 0.899. The molecule has 12 heavy (non-hydrogen) atoms. The molecule has 0 radical (unpaired) electrons. The van der Waals surface area contributed by atoms with E-state index in [2.05, 4.69) is 19.2 Å². The van der Waals surface area contributed by atoms with Gasteiger partial charge in [-0.05, 0) is 56.0 Å². The van der Waals surface area contributed by atoms with Crippen molar-refractivity contribution in [3.05, 3.63) is 0 Å². The van der Waals surface area contributed by atoms with Crippen molar-refractivity contribution in [3.8, 4) is 0 Å². The zero-order chi connectivity index (χ0) is 8.55. The molecule has 1 saturated heterocycles. The molecule has 1 saturated carbocycles. The lowest BCUT2D eigenvalue weighted by atomic mass is 9.80. The van der Waals surface area contributed by atoms with E-state index in [1.807, 2.05) is 0 Å². The van der Waals surface area contributed by atoms with Gasteiger partial charge in [-0.1, -0.05) is 13.8 Å². The van der Waals surface area contributed by atoms with Gasteiger partial charge in [-0.2, -0.15) is 0 Å². The smallest absolute Gasteiger partial charge is 0.00176 e. The number of nitrogens with one attached hydrogen (secondary N) is 1. The molecule has 2 bridgehead atoms. The van der Waals surface area contributed by atoms with E-state index < -0.39 is 0 Å². The van der Waals surface area contributed by atoms with Crippen molar-refractivity contribution in [1.29, 1.82) is 0 Å².